The van der Waals surface area contributed by atoms with Gasteiger partial charge in [-0.25, -0.2) is 4.99 Å². The van der Waals surface area contributed by atoms with Crippen LogP contribution in [0.1, 0.15) is 32.1 Å². The van der Waals surface area contributed by atoms with Crippen molar-refractivity contribution in [3.05, 3.63) is 0 Å². The molecule has 1 fully saturated rings. The molecule has 0 aromatic carbocycles. The van der Waals surface area contributed by atoms with Crippen LogP contribution in [0.5, 0.6) is 0 Å². The van der Waals surface area contributed by atoms with E-state index in [1.54, 1.807) is 11.8 Å². The van der Waals surface area contributed by atoms with E-state index in [0.29, 0.717) is 6.10 Å². The Morgan fingerprint density at radius 3 is 2.75 bits per heavy atom. The molecule has 0 saturated heterocycles. The van der Waals surface area contributed by atoms with Crippen molar-refractivity contribution in [3.63, 3.8) is 0 Å². The molecule has 0 amide bonds. The highest BCUT2D eigenvalue weighted by molar-refractivity contribution is 8.13. The van der Waals surface area contributed by atoms with Gasteiger partial charge in [0, 0.05) is 5.75 Å². The van der Waals surface area contributed by atoms with Gasteiger partial charge in [-0.2, -0.15) is 0 Å². The molecule has 12 heavy (non-hydrogen) atoms. The summed E-state index contributed by atoms with van der Waals surface area (Å²) in [5.41, 5.74) is 0. The Morgan fingerprint density at radius 1 is 1.25 bits per heavy atom. The zero-order chi connectivity index (χ0) is 8.23. The number of aliphatic imine (C=N–C) groups is 1. The van der Waals surface area contributed by atoms with Crippen LogP contribution in [0.15, 0.2) is 4.99 Å². The van der Waals surface area contributed by atoms with Gasteiger partial charge in [0.15, 0.2) is 0 Å². The molecule has 1 heterocycles. The maximum absolute atomic E-state index is 5.77. The number of ether oxygens (including phenoxy) is 1. The van der Waals surface area contributed by atoms with Gasteiger partial charge >= 0.3 is 0 Å². The predicted octanol–water partition coefficient (Wildman–Crippen LogP) is 2.44. The minimum absolute atomic E-state index is 0.475. The Bertz CT molecular complexity index is 175. The minimum Gasteiger partial charge on any atom is -0.470 e. The van der Waals surface area contributed by atoms with E-state index in [-0.39, 0.29) is 0 Å². The highest BCUT2D eigenvalue weighted by atomic mass is 32.2. The molecule has 1 saturated carbocycles. The molecule has 0 bridgehead atoms. The molecule has 2 rings (SSSR count). The van der Waals surface area contributed by atoms with Crippen LogP contribution in [-0.2, 0) is 4.74 Å². The average Bonchev–Trinajstić information content (AvgIpc) is 2.59. The van der Waals surface area contributed by atoms with Gasteiger partial charge in [-0.15, -0.1) is 0 Å². The topological polar surface area (TPSA) is 21.6 Å². The van der Waals surface area contributed by atoms with Crippen molar-refractivity contribution >= 4 is 17.0 Å². The quantitative estimate of drug-likeness (QED) is 0.626. The lowest BCUT2D eigenvalue weighted by atomic mass is 9.98. The number of hydrogen-bond acceptors (Lipinski definition) is 3. The van der Waals surface area contributed by atoms with Crippen LogP contribution in [0.3, 0.4) is 0 Å². The SMILES string of the molecule is C1CCC(OC2=NCCS2)CC1. The Kier molecular flexibility index (Phi) is 2.93. The summed E-state index contributed by atoms with van der Waals surface area (Å²) in [4.78, 5) is 4.29. The van der Waals surface area contributed by atoms with Crippen LogP contribution in [-0.4, -0.2) is 23.6 Å². The Hall–Kier alpha value is -0.180. The third-order valence-corrected chi connectivity index (χ3v) is 3.24. The molecule has 0 unspecified atom stereocenters. The molecule has 0 radical (unpaired) electrons. The van der Waals surface area contributed by atoms with Crippen LogP contribution in [0.2, 0.25) is 0 Å². The van der Waals surface area contributed by atoms with Crippen LogP contribution in [0.4, 0.5) is 0 Å². The van der Waals surface area contributed by atoms with Gasteiger partial charge in [-0.05, 0) is 25.7 Å². The highest BCUT2D eigenvalue weighted by Crippen LogP contribution is 2.23. The lowest BCUT2D eigenvalue weighted by Gasteiger charge is -2.22. The average molecular weight is 185 g/mol. The van der Waals surface area contributed by atoms with Crippen molar-refractivity contribution < 1.29 is 4.74 Å². The minimum atomic E-state index is 0.475. The highest BCUT2D eigenvalue weighted by Gasteiger charge is 2.18. The van der Waals surface area contributed by atoms with E-state index in [1.807, 2.05) is 0 Å². The summed E-state index contributed by atoms with van der Waals surface area (Å²) in [5.74, 6) is 1.11. The van der Waals surface area contributed by atoms with E-state index in [0.717, 1.165) is 17.5 Å². The third kappa shape index (κ3) is 2.16. The first-order chi connectivity index (χ1) is 5.95. The Morgan fingerprint density at radius 2 is 2.08 bits per heavy atom. The molecule has 0 aromatic heterocycles. The molecule has 2 aliphatic rings. The molecule has 0 aromatic rings. The summed E-state index contributed by atoms with van der Waals surface area (Å²) in [5, 5.41) is 0.946. The monoisotopic (exact) mass is 185 g/mol. The van der Waals surface area contributed by atoms with Gasteiger partial charge in [0.25, 0.3) is 0 Å². The van der Waals surface area contributed by atoms with E-state index in [2.05, 4.69) is 4.99 Å². The van der Waals surface area contributed by atoms with Crippen LogP contribution in [0.25, 0.3) is 0 Å². The molecule has 0 atom stereocenters. The number of hydrogen-bond donors (Lipinski definition) is 0. The van der Waals surface area contributed by atoms with Gasteiger partial charge < -0.3 is 4.74 Å². The normalized spacial score (nSPS) is 25.5. The van der Waals surface area contributed by atoms with Crippen molar-refractivity contribution in [3.8, 4) is 0 Å². The summed E-state index contributed by atoms with van der Waals surface area (Å²) in [6, 6.07) is 0. The van der Waals surface area contributed by atoms with Crippen molar-refractivity contribution in [2.24, 2.45) is 4.99 Å². The Balaban J connectivity index is 1.77. The van der Waals surface area contributed by atoms with Gasteiger partial charge in [0.2, 0.25) is 5.23 Å². The maximum atomic E-state index is 5.77. The third-order valence-electron chi connectivity index (χ3n) is 2.38. The van der Waals surface area contributed by atoms with Crippen LogP contribution >= 0.6 is 11.8 Å². The van der Waals surface area contributed by atoms with E-state index < -0.39 is 0 Å². The first-order valence-electron chi connectivity index (χ1n) is 4.79. The molecule has 68 valence electrons. The molecule has 0 spiro atoms. The second-order valence-electron chi connectivity index (χ2n) is 3.37. The predicted molar refractivity (Wildman–Crippen MR) is 52.7 cm³/mol. The summed E-state index contributed by atoms with van der Waals surface area (Å²) < 4.78 is 5.77. The van der Waals surface area contributed by atoms with E-state index in [1.165, 1.54) is 32.1 Å². The number of nitrogens with zero attached hydrogens (tertiary/aromatic N) is 1. The lowest BCUT2D eigenvalue weighted by molar-refractivity contribution is 0.148. The molecule has 1 aliphatic carbocycles. The summed E-state index contributed by atoms with van der Waals surface area (Å²) in [6.45, 7) is 0.951. The lowest BCUT2D eigenvalue weighted by Crippen LogP contribution is -2.18. The van der Waals surface area contributed by atoms with Crippen LogP contribution < -0.4 is 0 Å². The number of rotatable bonds is 1. The van der Waals surface area contributed by atoms with E-state index >= 15 is 0 Å². The summed E-state index contributed by atoms with van der Waals surface area (Å²) >= 11 is 1.76. The first-order valence-corrected chi connectivity index (χ1v) is 5.77. The zero-order valence-electron chi connectivity index (χ0n) is 7.29. The Labute approximate surface area is 77.8 Å². The fraction of sp³-hybridized carbons (Fsp3) is 0.889. The molecular weight excluding hydrogens is 170 g/mol. The van der Waals surface area contributed by atoms with Gasteiger partial charge in [-0.1, -0.05) is 18.2 Å². The second-order valence-corrected chi connectivity index (χ2v) is 4.42. The van der Waals surface area contributed by atoms with Gasteiger partial charge in [0.1, 0.15) is 6.10 Å². The van der Waals surface area contributed by atoms with Gasteiger partial charge in [0.05, 0.1) is 6.54 Å². The van der Waals surface area contributed by atoms with E-state index in [9.17, 15) is 0 Å². The van der Waals surface area contributed by atoms with Crippen molar-refractivity contribution in [2.45, 2.75) is 38.2 Å². The summed E-state index contributed by atoms with van der Waals surface area (Å²) in [6.07, 6.45) is 7.01. The fourth-order valence-corrected chi connectivity index (χ4v) is 2.46. The second kappa shape index (κ2) is 4.17. The molecule has 1 aliphatic heterocycles. The first kappa shape index (κ1) is 8.42. The molecule has 2 nitrogen and oxygen atoms in total. The molecule has 3 heteroatoms. The molecular formula is C9H15NOS. The van der Waals surface area contributed by atoms with Crippen molar-refractivity contribution in [1.29, 1.82) is 0 Å². The van der Waals surface area contributed by atoms with Gasteiger partial charge in [-0.3, -0.25) is 0 Å². The summed E-state index contributed by atoms with van der Waals surface area (Å²) in [7, 11) is 0. The van der Waals surface area contributed by atoms with Crippen molar-refractivity contribution in [1.82, 2.24) is 0 Å². The maximum Gasteiger partial charge on any atom is 0.246 e. The standard InChI is InChI=1S/C9H15NOS/c1-2-4-8(5-3-1)11-9-10-6-7-12-9/h8H,1-7H2. The zero-order valence-corrected chi connectivity index (χ0v) is 8.11. The van der Waals surface area contributed by atoms with Crippen molar-refractivity contribution in [2.75, 3.05) is 12.3 Å². The fourth-order valence-electron chi connectivity index (χ4n) is 1.71. The smallest absolute Gasteiger partial charge is 0.246 e. The van der Waals surface area contributed by atoms with Crippen LogP contribution in [0, 0.1) is 0 Å². The molecule has 0 N–H and O–H groups in total. The largest absolute Gasteiger partial charge is 0.470 e. The number of thioether (sulfide) groups is 1. The van der Waals surface area contributed by atoms with E-state index in [4.69, 9.17) is 4.74 Å².